The van der Waals surface area contributed by atoms with Crippen LogP contribution in [-0.4, -0.2) is 23.3 Å². The van der Waals surface area contributed by atoms with E-state index in [0.29, 0.717) is 6.61 Å². The number of carbonyl (C=O) groups excluding carboxylic acids is 1. The van der Waals surface area contributed by atoms with Crippen molar-refractivity contribution in [3.05, 3.63) is 42.5 Å². The first-order valence-electron chi connectivity index (χ1n) is 7.30. The maximum absolute atomic E-state index is 11.5. The van der Waals surface area contributed by atoms with Crippen LogP contribution in [0.4, 0.5) is 0 Å². The fourth-order valence-electron chi connectivity index (χ4n) is 2.42. The van der Waals surface area contributed by atoms with Crippen molar-refractivity contribution >= 4 is 39.5 Å². The van der Waals surface area contributed by atoms with E-state index in [2.05, 4.69) is 5.43 Å². The van der Waals surface area contributed by atoms with Gasteiger partial charge >= 0.3 is 0 Å². The van der Waals surface area contributed by atoms with Crippen LogP contribution < -0.4 is 16.0 Å². The maximum atomic E-state index is 11.5. The van der Waals surface area contributed by atoms with Crippen LogP contribution in [0, 0.1) is 0 Å². The van der Waals surface area contributed by atoms with Gasteiger partial charge in [-0.3, -0.25) is 10.2 Å². The number of hydrogen-bond donors (Lipinski definition) is 2. The third-order valence-corrected chi connectivity index (χ3v) is 4.56. The number of hydrazine groups is 1. The second-order valence-electron chi connectivity index (χ2n) is 4.93. The molecule has 0 fully saturated rings. The lowest BCUT2D eigenvalue weighted by atomic mass is 10.1. The number of ether oxygens (including phenoxy) is 1. The third-order valence-electron chi connectivity index (χ3n) is 3.42. The lowest BCUT2D eigenvalue weighted by Crippen LogP contribution is -2.31. The van der Waals surface area contributed by atoms with E-state index >= 15 is 0 Å². The summed E-state index contributed by atoms with van der Waals surface area (Å²) >= 11 is 1.45. The van der Waals surface area contributed by atoms with E-state index in [1.54, 1.807) is 0 Å². The molecule has 5 nitrogen and oxygen atoms in total. The molecule has 0 spiro atoms. The average Bonchev–Trinajstić information content (AvgIpc) is 2.58. The second-order valence-corrected chi connectivity index (χ2v) is 5.91. The van der Waals surface area contributed by atoms with Crippen LogP contribution >= 0.6 is 11.8 Å². The van der Waals surface area contributed by atoms with Gasteiger partial charge in [0.1, 0.15) is 5.75 Å². The van der Waals surface area contributed by atoms with Gasteiger partial charge < -0.3 is 4.74 Å². The monoisotopic (exact) mass is 327 g/mol. The number of amides is 1. The van der Waals surface area contributed by atoms with Crippen molar-refractivity contribution in [1.82, 2.24) is 10.4 Å². The summed E-state index contributed by atoms with van der Waals surface area (Å²) < 4.78 is 5.59. The summed E-state index contributed by atoms with van der Waals surface area (Å²) in [5.74, 6) is 6.00. The van der Waals surface area contributed by atoms with Crippen LogP contribution in [0.5, 0.6) is 5.75 Å². The number of nitrogens with two attached hydrogens (primary N) is 1. The molecule has 3 rings (SSSR count). The molecule has 1 amide bonds. The number of rotatable bonds is 5. The Morgan fingerprint density at radius 3 is 2.78 bits per heavy atom. The first-order chi connectivity index (χ1) is 11.2. The van der Waals surface area contributed by atoms with Crippen LogP contribution in [0.2, 0.25) is 0 Å². The summed E-state index contributed by atoms with van der Waals surface area (Å²) in [4.78, 5) is 17.2. The number of benzene rings is 2. The normalized spacial score (nSPS) is 10.9. The molecule has 118 valence electrons. The summed E-state index contributed by atoms with van der Waals surface area (Å²) in [6.45, 7) is 2.55. The molecule has 1 aromatic heterocycles. The van der Waals surface area contributed by atoms with E-state index in [4.69, 9.17) is 15.6 Å². The standard InChI is InChI=1S/C17H17N3O2S/c1-2-22-11-7-8-15-13(9-11)17(23-10-16(21)20-18)12-5-3-4-6-14(12)19-15/h3-9H,2,10,18H2,1H3,(H,20,21). The van der Waals surface area contributed by atoms with E-state index in [1.807, 2.05) is 49.4 Å². The molecule has 0 bridgehead atoms. The van der Waals surface area contributed by atoms with Crippen LogP contribution in [0.15, 0.2) is 47.4 Å². The Morgan fingerprint density at radius 2 is 2.00 bits per heavy atom. The number of para-hydroxylation sites is 1. The molecule has 3 N–H and O–H groups in total. The number of aromatic nitrogens is 1. The molecule has 2 aromatic carbocycles. The van der Waals surface area contributed by atoms with Crippen molar-refractivity contribution in [2.75, 3.05) is 12.4 Å². The lowest BCUT2D eigenvalue weighted by molar-refractivity contribution is -0.118. The summed E-state index contributed by atoms with van der Waals surface area (Å²) in [6, 6.07) is 13.7. The van der Waals surface area contributed by atoms with E-state index in [9.17, 15) is 4.79 Å². The molecule has 0 aliphatic rings. The summed E-state index contributed by atoms with van der Waals surface area (Å²) in [5.41, 5.74) is 3.94. The van der Waals surface area contributed by atoms with Gasteiger partial charge in [0.05, 0.1) is 23.4 Å². The maximum Gasteiger partial charge on any atom is 0.244 e. The number of nitrogens with one attached hydrogen (secondary N) is 1. The van der Waals surface area contributed by atoms with Gasteiger partial charge in [-0.25, -0.2) is 10.8 Å². The number of pyridine rings is 1. The van der Waals surface area contributed by atoms with Gasteiger partial charge in [0.25, 0.3) is 0 Å². The minimum atomic E-state index is -0.218. The topological polar surface area (TPSA) is 77.2 Å². The zero-order chi connectivity index (χ0) is 16.2. The molecule has 0 unspecified atom stereocenters. The zero-order valence-electron chi connectivity index (χ0n) is 12.7. The summed E-state index contributed by atoms with van der Waals surface area (Å²) in [7, 11) is 0. The van der Waals surface area contributed by atoms with Gasteiger partial charge in [-0.2, -0.15) is 0 Å². The van der Waals surface area contributed by atoms with Gasteiger partial charge in [0.2, 0.25) is 5.91 Å². The van der Waals surface area contributed by atoms with Crippen LogP contribution in [0.3, 0.4) is 0 Å². The molecule has 0 radical (unpaired) electrons. The molecular weight excluding hydrogens is 310 g/mol. The minimum absolute atomic E-state index is 0.218. The molecule has 0 saturated heterocycles. The molecule has 6 heteroatoms. The van der Waals surface area contributed by atoms with Gasteiger partial charge in [-0.05, 0) is 31.2 Å². The van der Waals surface area contributed by atoms with Crippen molar-refractivity contribution in [3.63, 3.8) is 0 Å². The lowest BCUT2D eigenvalue weighted by Gasteiger charge is -2.11. The Bertz CT molecular complexity index is 867. The molecule has 23 heavy (non-hydrogen) atoms. The number of fused-ring (bicyclic) bond motifs is 2. The highest BCUT2D eigenvalue weighted by atomic mass is 32.2. The zero-order valence-corrected chi connectivity index (χ0v) is 13.5. The van der Waals surface area contributed by atoms with E-state index in [0.717, 1.165) is 32.5 Å². The summed E-state index contributed by atoms with van der Waals surface area (Å²) in [6.07, 6.45) is 0. The molecule has 0 aliphatic carbocycles. The SMILES string of the molecule is CCOc1ccc2nc3ccccc3c(SCC(=O)NN)c2c1. The molecule has 0 saturated carbocycles. The fraction of sp³-hybridized carbons (Fsp3) is 0.176. The highest BCUT2D eigenvalue weighted by Crippen LogP contribution is 2.35. The largest absolute Gasteiger partial charge is 0.494 e. The summed E-state index contributed by atoms with van der Waals surface area (Å²) in [5, 5.41) is 1.99. The first kappa shape index (κ1) is 15.6. The van der Waals surface area contributed by atoms with Gasteiger partial charge in [0, 0.05) is 15.7 Å². The van der Waals surface area contributed by atoms with Crippen LogP contribution in [0.1, 0.15) is 6.92 Å². The van der Waals surface area contributed by atoms with E-state index < -0.39 is 0 Å². The molecular formula is C17H17N3O2S. The van der Waals surface area contributed by atoms with E-state index in [-0.39, 0.29) is 11.7 Å². The van der Waals surface area contributed by atoms with Crippen molar-refractivity contribution in [1.29, 1.82) is 0 Å². The van der Waals surface area contributed by atoms with Crippen molar-refractivity contribution in [2.24, 2.45) is 5.84 Å². The number of thioether (sulfide) groups is 1. The van der Waals surface area contributed by atoms with Crippen molar-refractivity contribution in [3.8, 4) is 5.75 Å². The Kier molecular flexibility index (Phi) is 4.64. The quantitative estimate of drug-likeness (QED) is 0.248. The predicted octanol–water partition coefficient (Wildman–Crippen LogP) is 2.87. The third kappa shape index (κ3) is 3.23. The highest BCUT2D eigenvalue weighted by molar-refractivity contribution is 8.00. The molecule has 0 atom stereocenters. The first-order valence-corrected chi connectivity index (χ1v) is 8.29. The second kappa shape index (κ2) is 6.85. The Balaban J connectivity index is 2.18. The Hall–Kier alpha value is -2.31. The molecule has 1 heterocycles. The number of carbonyl (C=O) groups is 1. The molecule has 0 aliphatic heterocycles. The molecule has 3 aromatic rings. The minimum Gasteiger partial charge on any atom is -0.494 e. The fourth-order valence-corrected chi connectivity index (χ4v) is 3.43. The predicted molar refractivity (Wildman–Crippen MR) is 93.5 cm³/mol. The number of nitrogens with zero attached hydrogens (tertiary/aromatic N) is 1. The number of hydrogen-bond acceptors (Lipinski definition) is 5. The average molecular weight is 327 g/mol. The Labute approximate surface area is 138 Å². The van der Waals surface area contributed by atoms with E-state index in [1.165, 1.54) is 11.8 Å². The van der Waals surface area contributed by atoms with Crippen LogP contribution in [0.25, 0.3) is 21.8 Å². The van der Waals surface area contributed by atoms with Gasteiger partial charge in [-0.1, -0.05) is 18.2 Å². The van der Waals surface area contributed by atoms with Crippen molar-refractivity contribution in [2.45, 2.75) is 11.8 Å². The Morgan fingerprint density at radius 1 is 1.22 bits per heavy atom. The smallest absolute Gasteiger partial charge is 0.244 e. The van der Waals surface area contributed by atoms with Gasteiger partial charge in [0.15, 0.2) is 0 Å². The highest BCUT2D eigenvalue weighted by Gasteiger charge is 2.12. The van der Waals surface area contributed by atoms with Crippen LogP contribution in [-0.2, 0) is 4.79 Å². The van der Waals surface area contributed by atoms with Gasteiger partial charge in [-0.15, -0.1) is 11.8 Å². The van der Waals surface area contributed by atoms with Crippen molar-refractivity contribution < 1.29 is 9.53 Å².